The Morgan fingerprint density at radius 3 is 2.32 bits per heavy atom. The number of aryl methyl sites for hydroxylation is 1. The van der Waals surface area contributed by atoms with Gasteiger partial charge in [-0.3, -0.25) is 4.79 Å². The average Bonchev–Trinajstić information content (AvgIpc) is 2.70. The van der Waals surface area contributed by atoms with Crippen molar-refractivity contribution in [1.29, 1.82) is 0 Å². The Balaban J connectivity index is 1.75. The summed E-state index contributed by atoms with van der Waals surface area (Å²) < 4.78 is 19.3. The number of para-hydroxylation sites is 1. The fraction of sp³-hybridized carbons (Fsp3) is 0.125. The number of aromatic nitrogens is 1. The summed E-state index contributed by atoms with van der Waals surface area (Å²) in [7, 11) is 0. The lowest BCUT2D eigenvalue weighted by Crippen LogP contribution is -2.16. The van der Waals surface area contributed by atoms with Crippen molar-refractivity contribution in [3.05, 3.63) is 111 Å². The lowest BCUT2D eigenvalue weighted by atomic mass is 10.0. The summed E-state index contributed by atoms with van der Waals surface area (Å²) in [4.78, 5) is 15.7. The van der Waals surface area contributed by atoms with E-state index in [9.17, 15) is 9.18 Å². The Hall–Kier alpha value is -3.40. The zero-order chi connectivity index (χ0) is 19.5. The van der Waals surface area contributed by atoms with Crippen LogP contribution in [0.5, 0.6) is 5.75 Å². The molecule has 0 saturated heterocycles. The average molecular weight is 373 g/mol. The molecule has 1 N–H and O–H groups in total. The lowest BCUT2D eigenvalue weighted by Gasteiger charge is -2.14. The molecule has 4 aromatic rings. The van der Waals surface area contributed by atoms with Crippen molar-refractivity contribution in [3.63, 3.8) is 0 Å². The molecule has 0 saturated carbocycles. The van der Waals surface area contributed by atoms with E-state index in [1.807, 2.05) is 55.5 Å². The van der Waals surface area contributed by atoms with Gasteiger partial charge in [0.15, 0.2) is 0 Å². The molecule has 0 spiro atoms. The van der Waals surface area contributed by atoms with Gasteiger partial charge in [-0.15, -0.1) is 0 Å². The number of hydrogen-bond acceptors (Lipinski definition) is 2. The Kier molecular flexibility index (Phi) is 4.94. The molecule has 0 radical (unpaired) electrons. The highest BCUT2D eigenvalue weighted by molar-refractivity contribution is 5.86. The van der Waals surface area contributed by atoms with Gasteiger partial charge in [-0.2, -0.15) is 0 Å². The van der Waals surface area contributed by atoms with E-state index in [4.69, 9.17) is 4.74 Å². The van der Waals surface area contributed by atoms with Crippen molar-refractivity contribution in [2.24, 2.45) is 0 Å². The van der Waals surface area contributed by atoms with Crippen LogP contribution in [-0.2, 0) is 13.0 Å². The normalized spacial score (nSPS) is 10.9. The largest absolute Gasteiger partial charge is 0.488 e. The molecule has 0 fully saturated rings. The van der Waals surface area contributed by atoms with E-state index in [1.165, 1.54) is 17.7 Å². The third-order valence-corrected chi connectivity index (χ3v) is 4.77. The minimum absolute atomic E-state index is 0.159. The Morgan fingerprint density at radius 1 is 0.893 bits per heavy atom. The van der Waals surface area contributed by atoms with Crippen LogP contribution < -0.4 is 10.3 Å². The second kappa shape index (κ2) is 7.69. The van der Waals surface area contributed by atoms with Crippen molar-refractivity contribution in [2.75, 3.05) is 0 Å². The van der Waals surface area contributed by atoms with Crippen molar-refractivity contribution in [2.45, 2.75) is 20.0 Å². The molecule has 0 aliphatic carbocycles. The molecule has 0 atom stereocenters. The van der Waals surface area contributed by atoms with Gasteiger partial charge in [0.1, 0.15) is 18.2 Å². The van der Waals surface area contributed by atoms with Crippen molar-refractivity contribution in [3.8, 4) is 5.75 Å². The van der Waals surface area contributed by atoms with Gasteiger partial charge in [-0.05, 0) is 42.3 Å². The molecule has 0 unspecified atom stereocenters. The summed E-state index contributed by atoms with van der Waals surface area (Å²) in [5.74, 6) is 0.287. The van der Waals surface area contributed by atoms with E-state index >= 15 is 0 Å². The Labute approximate surface area is 162 Å². The maximum Gasteiger partial charge on any atom is 0.255 e. The van der Waals surface area contributed by atoms with Crippen LogP contribution in [0.1, 0.15) is 22.3 Å². The van der Waals surface area contributed by atoms with Gasteiger partial charge >= 0.3 is 0 Å². The number of halogens is 1. The number of rotatable bonds is 5. The van der Waals surface area contributed by atoms with Crippen LogP contribution in [0, 0.1) is 12.7 Å². The highest BCUT2D eigenvalue weighted by atomic mass is 19.1. The molecular formula is C24H20FNO2. The molecule has 4 rings (SSSR count). The van der Waals surface area contributed by atoms with Crippen molar-refractivity contribution < 1.29 is 9.13 Å². The first-order chi connectivity index (χ1) is 13.6. The van der Waals surface area contributed by atoms with E-state index in [0.717, 1.165) is 22.0 Å². The first-order valence-electron chi connectivity index (χ1n) is 9.17. The Bertz CT molecular complexity index is 1160. The third-order valence-electron chi connectivity index (χ3n) is 4.77. The molecule has 140 valence electrons. The predicted molar refractivity (Wildman–Crippen MR) is 109 cm³/mol. The topological polar surface area (TPSA) is 42.1 Å². The number of pyridine rings is 1. The number of hydrogen-bond donors (Lipinski definition) is 1. The van der Waals surface area contributed by atoms with Gasteiger partial charge in [-0.25, -0.2) is 4.39 Å². The monoisotopic (exact) mass is 373 g/mol. The van der Waals surface area contributed by atoms with Gasteiger partial charge < -0.3 is 9.72 Å². The lowest BCUT2D eigenvalue weighted by molar-refractivity contribution is 0.306. The standard InChI is InChI=1S/C24H20FNO2/c1-16-6-8-17(9-7-16)14-21-23(28-15-18-10-12-19(25)13-11-18)20-4-2-3-5-22(20)26-24(21)27/h2-13H,14-15H2,1H3,(H,26,27). The molecule has 0 amide bonds. The fourth-order valence-corrected chi connectivity index (χ4v) is 3.23. The van der Waals surface area contributed by atoms with Gasteiger partial charge in [0.05, 0.1) is 11.1 Å². The molecule has 3 nitrogen and oxygen atoms in total. The summed E-state index contributed by atoms with van der Waals surface area (Å²) in [6.45, 7) is 2.29. The molecule has 28 heavy (non-hydrogen) atoms. The van der Waals surface area contributed by atoms with Crippen LogP contribution in [0.4, 0.5) is 4.39 Å². The SMILES string of the molecule is Cc1ccc(Cc2c(OCc3ccc(F)cc3)c3ccccc3[nH]c2=O)cc1. The predicted octanol–water partition coefficient (Wildman–Crippen LogP) is 5.15. The van der Waals surface area contributed by atoms with Crippen molar-refractivity contribution >= 4 is 10.9 Å². The quantitative estimate of drug-likeness (QED) is 0.526. The fourth-order valence-electron chi connectivity index (χ4n) is 3.23. The summed E-state index contributed by atoms with van der Waals surface area (Å²) in [5, 5.41) is 0.853. The first kappa shape index (κ1) is 18.0. The summed E-state index contributed by atoms with van der Waals surface area (Å²) in [6, 6.07) is 21.9. The smallest absolute Gasteiger partial charge is 0.255 e. The van der Waals surface area contributed by atoms with Gasteiger partial charge in [0, 0.05) is 11.8 Å². The number of fused-ring (bicyclic) bond motifs is 1. The molecule has 1 heterocycles. The number of ether oxygens (including phenoxy) is 1. The molecular weight excluding hydrogens is 353 g/mol. The molecule has 0 aliphatic rings. The van der Waals surface area contributed by atoms with Crippen LogP contribution in [0.3, 0.4) is 0 Å². The van der Waals surface area contributed by atoms with Crippen LogP contribution in [-0.4, -0.2) is 4.98 Å². The van der Waals surface area contributed by atoms with Crippen LogP contribution in [0.25, 0.3) is 10.9 Å². The van der Waals surface area contributed by atoms with Gasteiger partial charge in [0.2, 0.25) is 0 Å². The maximum atomic E-state index is 13.2. The van der Waals surface area contributed by atoms with Crippen LogP contribution >= 0.6 is 0 Å². The van der Waals surface area contributed by atoms with E-state index in [2.05, 4.69) is 4.98 Å². The number of nitrogens with one attached hydrogen (secondary N) is 1. The summed E-state index contributed by atoms with van der Waals surface area (Å²) in [6.07, 6.45) is 0.471. The Morgan fingerprint density at radius 2 is 1.57 bits per heavy atom. The number of H-pyrrole nitrogens is 1. The highest BCUT2D eigenvalue weighted by Crippen LogP contribution is 2.28. The molecule has 0 aliphatic heterocycles. The highest BCUT2D eigenvalue weighted by Gasteiger charge is 2.15. The van der Waals surface area contributed by atoms with Gasteiger partial charge in [0.25, 0.3) is 5.56 Å². The third kappa shape index (κ3) is 3.81. The molecule has 1 aromatic heterocycles. The molecule has 4 heteroatoms. The van der Waals surface area contributed by atoms with E-state index in [0.29, 0.717) is 17.7 Å². The van der Waals surface area contributed by atoms with Crippen LogP contribution in [0.2, 0.25) is 0 Å². The molecule has 0 bridgehead atoms. The number of aromatic amines is 1. The maximum absolute atomic E-state index is 13.2. The molecule has 3 aromatic carbocycles. The zero-order valence-corrected chi connectivity index (χ0v) is 15.5. The second-order valence-electron chi connectivity index (χ2n) is 6.88. The minimum Gasteiger partial charge on any atom is -0.488 e. The van der Waals surface area contributed by atoms with Crippen LogP contribution in [0.15, 0.2) is 77.6 Å². The summed E-state index contributed by atoms with van der Waals surface area (Å²) >= 11 is 0. The minimum atomic E-state index is -0.287. The van der Waals surface area contributed by atoms with E-state index in [-0.39, 0.29) is 18.0 Å². The van der Waals surface area contributed by atoms with Gasteiger partial charge in [-0.1, -0.05) is 54.1 Å². The second-order valence-corrected chi connectivity index (χ2v) is 6.88. The number of benzene rings is 3. The zero-order valence-electron chi connectivity index (χ0n) is 15.5. The summed E-state index contributed by atoms with van der Waals surface area (Å²) in [5.41, 5.74) is 4.21. The van der Waals surface area contributed by atoms with Crippen molar-refractivity contribution in [1.82, 2.24) is 4.98 Å². The van der Waals surface area contributed by atoms with E-state index < -0.39 is 0 Å². The van der Waals surface area contributed by atoms with E-state index in [1.54, 1.807) is 12.1 Å². The first-order valence-corrected chi connectivity index (χ1v) is 9.17.